The molecule has 1 aliphatic heterocycles. The van der Waals surface area contributed by atoms with Crippen LogP contribution in [0.25, 0.3) is 0 Å². The monoisotopic (exact) mass is 452 g/mol. The van der Waals surface area contributed by atoms with E-state index >= 15 is 0 Å². The number of carbonyl (C=O) groups is 1. The molecule has 2 heterocycles. The third kappa shape index (κ3) is 6.35. The van der Waals surface area contributed by atoms with Gasteiger partial charge in [-0.1, -0.05) is 23.9 Å². The van der Waals surface area contributed by atoms with Crippen LogP contribution in [0.2, 0.25) is 0 Å². The average molecular weight is 453 g/mol. The highest BCUT2D eigenvalue weighted by Gasteiger charge is 2.35. The summed E-state index contributed by atoms with van der Waals surface area (Å²) >= 11 is 1.16. The number of nitrogens with one attached hydrogen (secondary N) is 1. The molecular formula is C22H27F3N4OS. The fraction of sp³-hybridized carbons (Fsp3) is 0.500. The zero-order chi connectivity index (χ0) is 22.6. The van der Waals surface area contributed by atoms with Gasteiger partial charge in [-0.2, -0.15) is 13.2 Å². The lowest BCUT2D eigenvalue weighted by molar-refractivity contribution is -0.141. The topological polar surface area (TPSA) is 58.1 Å². The SMILES string of the molecule is CC(C)NC(=O)c1ccc(CSc2nc(N3CCCCC3C)cc(C(F)(F)F)n2)cc1. The van der Waals surface area contributed by atoms with Gasteiger partial charge in [0, 0.05) is 36.0 Å². The maximum atomic E-state index is 13.4. The third-order valence-electron chi connectivity index (χ3n) is 5.08. The molecule has 0 spiro atoms. The lowest BCUT2D eigenvalue weighted by atomic mass is 10.0. The van der Waals surface area contributed by atoms with Crippen molar-refractivity contribution in [1.82, 2.24) is 15.3 Å². The number of amides is 1. The Labute approximate surface area is 184 Å². The van der Waals surface area contributed by atoms with Crippen LogP contribution in [-0.2, 0) is 11.9 Å². The molecular weight excluding hydrogens is 425 g/mol. The first kappa shape index (κ1) is 23.4. The van der Waals surface area contributed by atoms with Gasteiger partial charge in [-0.3, -0.25) is 4.79 Å². The minimum atomic E-state index is -4.53. The molecule has 168 valence electrons. The molecule has 3 rings (SSSR count). The van der Waals surface area contributed by atoms with Crippen molar-refractivity contribution in [3.8, 4) is 0 Å². The Morgan fingerprint density at radius 2 is 1.94 bits per heavy atom. The van der Waals surface area contributed by atoms with Crippen molar-refractivity contribution in [2.45, 2.75) is 69.2 Å². The molecule has 1 N–H and O–H groups in total. The smallest absolute Gasteiger partial charge is 0.354 e. The summed E-state index contributed by atoms with van der Waals surface area (Å²) in [4.78, 5) is 22.2. The van der Waals surface area contributed by atoms with Gasteiger partial charge < -0.3 is 10.2 Å². The van der Waals surface area contributed by atoms with E-state index in [4.69, 9.17) is 0 Å². The van der Waals surface area contributed by atoms with Crippen LogP contribution < -0.4 is 10.2 Å². The summed E-state index contributed by atoms with van der Waals surface area (Å²) in [5.74, 6) is 0.580. The fourth-order valence-electron chi connectivity index (χ4n) is 3.45. The van der Waals surface area contributed by atoms with Crippen LogP contribution in [0.5, 0.6) is 0 Å². The predicted octanol–water partition coefficient (Wildman–Crippen LogP) is 5.30. The number of carbonyl (C=O) groups excluding carboxylic acids is 1. The van der Waals surface area contributed by atoms with E-state index in [-0.39, 0.29) is 23.1 Å². The number of rotatable bonds is 6. The number of anilines is 1. The molecule has 0 saturated carbocycles. The average Bonchev–Trinajstić information content (AvgIpc) is 2.71. The summed E-state index contributed by atoms with van der Waals surface area (Å²) in [6.07, 6.45) is -1.58. The molecule has 1 unspecified atom stereocenters. The molecule has 0 bridgehead atoms. The maximum Gasteiger partial charge on any atom is 0.433 e. The Balaban J connectivity index is 1.76. The summed E-state index contributed by atoms with van der Waals surface area (Å²) < 4.78 is 40.3. The van der Waals surface area contributed by atoms with E-state index in [9.17, 15) is 18.0 Å². The van der Waals surface area contributed by atoms with E-state index in [0.29, 0.717) is 23.7 Å². The van der Waals surface area contributed by atoms with Crippen molar-refractivity contribution in [1.29, 1.82) is 0 Å². The highest BCUT2D eigenvalue weighted by molar-refractivity contribution is 7.98. The van der Waals surface area contributed by atoms with E-state index in [1.54, 1.807) is 24.3 Å². The van der Waals surface area contributed by atoms with Crippen molar-refractivity contribution in [2.75, 3.05) is 11.4 Å². The van der Waals surface area contributed by atoms with Gasteiger partial charge in [-0.25, -0.2) is 9.97 Å². The summed E-state index contributed by atoms with van der Waals surface area (Å²) in [5.41, 5.74) is 0.498. The van der Waals surface area contributed by atoms with Crippen LogP contribution >= 0.6 is 11.8 Å². The molecule has 1 aromatic heterocycles. The molecule has 2 aromatic rings. The molecule has 5 nitrogen and oxygen atoms in total. The quantitative estimate of drug-likeness (QED) is 0.476. The van der Waals surface area contributed by atoms with E-state index in [0.717, 1.165) is 42.7 Å². The number of nitrogens with zero attached hydrogens (tertiary/aromatic N) is 3. The van der Waals surface area contributed by atoms with Crippen molar-refractivity contribution in [2.24, 2.45) is 0 Å². The lowest BCUT2D eigenvalue weighted by Crippen LogP contribution is -2.38. The number of hydrogen-bond donors (Lipinski definition) is 1. The lowest BCUT2D eigenvalue weighted by Gasteiger charge is -2.34. The number of hydrogen-bond acceptors (Lipinski definition) is 5. The number of piperidine rings is 1. The summed E-state index contributed by atoms with van der Waals surface area (Å²) in [6, 6.07) is 8.24. The Hall–Kier alpha value is -2.29. The number of benzene rings is 1. The van der Waals surface area contributed by atoms with Crippen LogP contribution in [0.1, 0.15) is 61.6 Å². The zero-order valence-corrected chi connectivity index (χ0v) is 18.7. The molecule has 1 fully saturated rings. The molecule has 1 aliphatic rings. The first-order valence-electron chi connectivity index (χ1n) is 10.4. The van der Waals surface area contributed by atoms with Gasteiger partial charge in [0.15, 0.2) is 10.9 Å². The largest absolute Gasteiger partial charge is 0.433 e. The molecule has 31 heavy (non-hydrogen) atoms. The molecule has 1 atom stereocenters. The summed E-state index contributed by atoms with van der Waals surface area (Å²) in [6.45, 7) is 6.48. The van der Waals surface area contributed by atoms with Gasteiger partial charge in [0.1, 0.15) is 5.82 Å². The number of aromatic nitrogens is 2. The minimum absolute atomic E-state index is 0.0395. The van der Waals surface area contributed by atoms with Crippen molar-refractivity contribution in [3.05, 3.63) is 47.2 Å². The van der Waals surface area contributed by atoms with Crippen molar-refractivity contribution in [3.63, 3.8) is 0 Å². The van der Waals surface area contributed by atoms with E-state index < -0.39 is 11.9 Å². The van der Waals surface area contributed by atoms with Crippen LogP contribution in [-0.4, -0.2) is 34.5 Å². The van der Waals surface area contributed by atoms with Crippen LogP contribution in [0, 0.1) is 0 Å². The van der Waals surface area contributed by atoms with Crippen LogP contribution in [0.4, 0.5) is 19.0 Å². The molecule has 1 amide bonds. The number of alkyl halides is 3. The molecule has 0 aliphatic carbocycles. The minimum Gasteiger partial charge on any atom is -0.354 e. The molecule has 0 radical (unpaired) electrons. The second-order valence-corrected chi connectivity index (χ2v) is 8.99. The van der Waals surface area contributed by atoms with Crippen LogP contribution in [0.3, 0.4) is 0 Å². The Morgan fingerprint density at radius 3 is 2.55 bits per heavy atom. The predicted molar refractivity (Wildman–Crippen MR) is 116 cm³/mol. The summed E-state index contributed by atoms with van der Waals surface area (Å²) in [5, 5.41) is 2.92. The highest BCUT2D eigenvalue weighted by Crippen LogP contribution is 2.33. The summed E-state index contributed by atoms with van der Waals surface area (Å²) in [7, 11) is 0. The van der Waals surface area contributed by atoms with Gasteiger partial charge in [0.25, 0.3) is 5.91 Å². The Bertz CT molecular complexity index is 903. The van der Waals surface area contributed by atoms with Crippen LogP contribution in [0.15, 0.2) is 35.5 Å². The van der Waals surface area contributed by atoms with Gasteiger partial charge in [-0.05, 0) is 57.7 Å². The van der Waals surface area contributed by atoms with Crippen molar-refractivity contribution >= 4 is 23.5 Å². The van der Waals surface area contributed by atoms with Gasteiger partial charge >= 0.3 is 6.18 Å². The second-order valence-electron chi connectivity index (χ2n) is 8.04. The number of thioether (sulfide) groups is 1. The number of halogens is 3. The first-order valence-corrected chi connectivity index (χ1v) is 11.4. The normalized spacial score (nSPS) is 17.1. The first-order chi connectivity index (χ1) is 14.6. The molecule has 9 heteroatoms. The van der Waals surface area contributed by atoms with E-state index in [1.165, 1.54) is 0 Å². The van der Waals surface area contributed by atoms with E-state index in [1.807, 2.05) is 25.7 Å². The standard InChI is InChI=1S/C22H27F3N4OS/c1-14(2)26-20(30)17-9-7-16(8-10-17)13-31-21-27-18(22(23,24)25)12-19(28-21)29-11-5-4-6-15(29)3/h7-10,12,14-15H,4-6,11,13H2,1-3H3,(H,26,30). The molecule has 1 aromatic carbocycles. The highest BCUT2D eigenvalue weighted by atomic mass is 32.2. The Kier molecular flexibility index (Phi) is 7.46. The Morgan fingerprint density at radius 1 is 1.23 bits per heavy atom. The van der Waals surface area contributed by atoms with Crippen molar-refractivity contribution < 1.29 is 18.0 Å². The molecule has 1 saturated heterocycles. The maximum absolute atomic E-state index is 13.4. The fourth-order valence-corrected chi connectivity index (χ4v) is 4.26. The zero-order valence-electron chi connectivity index (χ0n) is 17.9. The second kappa shape index (κ2) is 9.89. The third-order valence-corrected chi connectivity index (χ3v) is 6.00. The van der Waals surface area contributed by atoms with Gasteiger partial charge in [-0.15, -0.1) is 0 Å². The van der Waals surface area contributed by atoms with Gasteiger partial charge in [0.2, 0.25) is 0 Å². The van der Waals surface area contributed by atoms with E-state index in [2.05, 4.69) is 15.3 Å². The van der Waals surface area contributed by atoms with Gasteiger partial charge in [0.05, 0.1) is 0 Å².